The molecule has 0 aliphatic carbocycles. The van der Waals surface area contributed by atoms with E-state index >= 15 is 0 Å². The number of rotatable bonds is 4. The fourth-order valence-corrected chi connectivity index (χ4v) is 3.60. The molecule has 0 fully saturated rings. The zero-order chi connectivity index (χ0) is 16.4. The Morgan fingerprint density at radius 3 is 2.65 bits per heavy atom. The van der Waals surface area contributed by atoms with Gasteiger partial charge in [0.15, 0.2) is 0 Å². The Kier molecular flexibility index (Phi) is 4.30. The molecule has 0 saturated carbocycles. The minimum Gasteiger partial charge on any atom is -0.344 e. The van der Waals surface area contributed by atoms with Crippen LogP contribution in [0.4, 0.5) is 0 Å². The highest BCUT2D eigenvalue weighted by molar-refractivity contribution is 7.10. The Balaban J connectivity index is 1.99. The van der Waals surface area contributed by atoms with Gasteiger partial charge < -0.3 is 10.3 Å². The largest absolute Gasteiger partial charge is 0.344 e. The van der Waals surface area contributed by atoms with Crippen LogP contribution in [0, 0.1) is 5.92 Å². The number of aromatic nitrogens is 1. The summed E-state index contributed by atoms with van der Waals surface area (Å²) in [7, 11) is 0. The van der Waals surface area contributed by atoms with Gasteiger partial charge in [-0.3, -0.25) is 9.59 Å². The van der Waals surface area contributed by atoms with Crippen LogP contribution in [0.15, 0.2) is 52.6 Å². The number of aromatic amines is 1. The highest BCUT2D eigenvalue weighted by Crippen LogP contribution is 2.26. The molecule has 3 aromatic rings. The van der Waals surface area contributed by atoms with Crippen LogP contribution in [-0.2, 0) is 0 Å². The summed E-state index contributed by atoms with van der Waals surface area (Å²) < 4.78 is 0. The fourth-order valence-electron chi connectivity index (χ4n) is 2.65. The number of hydrogen-bond acceptors (Lipinski definition) is 3. The molecular weight excluding hydrogens is 308 g/mol. The van der Waals surface area contributed by atoms with Crippen molar-refractivity contribution in [3.63, 3.8) is 0 Å². The quantitative estimate of drug-likeness (QED) is 0.767. The number of amides is 1. The molecule has 0 aliphatic heterocycles. The lowest BCUT2D eigenvalue weighted by Gasteiger charge is -2.21. The summed E-state index contributed by atoms with van der Waals surface area (Å²) in [5.74, 6) is 0.0326. The lowest BCUT2D eigenvalue weighted by molar-refractivity contribution is 0.0928. The van der Waals surface area contributed by atoms with Gasteiger partial charge in [-0.1, -0.05) is 38.1 Å². The Labute approximate surface area is 138 Å². The van der Waals surface area contributed by atoms with Gasteiger partial charge in [-0.05, 0) is 23.4 Å². The van der Waals surface area contributed by atoms with E-state index in [9.17, 15) is 9.59 Å². The van der Waals surface area contributed by atoms with Crippen molar-refractivity contribution in [2.75, 3.05) is 0 Å². The van der Waals surface area contributed by atoms with Crippen LogP contribution < -0.4 is 10.9 Å². The van der Waals surface area contributed by atoms with E-state index in [1.807, 2.05) is 35.7 Å². The summed E-state index contributed by atoms with van der Waals surface area (Å²) in [4.78, 5) is 28.5. The maximum atomic E-state index is 12.8. The van der Waals surface area contributed by atoms with Crippen molar-refractivity contribution in [2.45, 2.75) is 19.9 Å². The van der Waals surface area contributed by atoms with E-state index in [2.05, 4.69) is 24.1 Å². The number of fused-ring (bicyclic) bond motifs is 1. The number of carbonyl (C=O) groups excluding carboxylic acids is 1. The van der Waals surface area contributed by atoms with Gasteiger partial charge in [0.05, 0.1) is 11.6 Å². The first-order chi connectivity index (χ1) is 11.1. The van der Waals surface area contributed by atoms with E-state index < -0.39 is 0 Å². The van der Waals surface area contributed by atoms with Gasteiger partial charge in [0, 0.05) is 21.8 Å². The third-order valence-electron chi connectivity index (χ3n) is 3.80. The average Bonchev–Trinajstić information content (AvgIpc) is 3.05. The first kappa shape index (κ1) is 15.5. The lowest BCUT2D eigenvalue weighted by Crippen LogP contribution is -2.32. The molecule has 0 saturated heterocycles. The van der Waals surface area contributed by atoms with Gasteiger partial charge in [-0.2, -0.15) is 0 Å². The van der Waals surface area contributed by atoms with Crippen LogP contribution in [0.3, 0.4) is 0 Å². The monoisotopic (exact) mass is 326 g/mol. The number of H-pyrrole nitrogens is 1. The van der Waals surface area contributed by atoms with Gasteiger partial charge in [0.25, 0.3) is 5.91 Å². The normalized spacial score (nSPS) is 12.5. The molecule has 1 amide bonds. The highest BCUT2D eigenvalue weighted by atomic mass is 32.1. The molecule has 0 spiro atoms. The Bertz CT molecular complexity index is 881. The lowest BCUT2D eigenvalue weighted by atomic mass is 10.0. The zero-order valence-electron chi connectivity index (χ0n) is 13.0. The minimum absolute atomic E-state index is 0.0689. The number of hydrogen-bond donors (Lipinski definition) is 2. The minimum atomic E-state index is -0.272. The Hall–Kier alpha value is -2.40. The van der Waals surface area contributed by atoms with Gasteiger partial charge in [-0.25, -0.2) is 0 Å². The summed E-state index contributed by atoms with van der Waals surface area (Å²) in [5.41, 5.74) is 0.806. The second-order valence-electron chi connectivity index (χ2n) is 5.80. The molecule has 2 N–H and O–H groups in total. The third-order valence-corrected chi connectivity index (χ3v) is 4.75. The van der Waals surface area contributed by atoms with E-state index in [1.54, 1.807) is 17.4 Å². The molecule has 1 aromatic carbocycles. The number of pyridine rings is 1. The van der Waals surface area contributed by atoms with Gasteiger partial charge in [-0.15, -0.1) is 11.3 Å². The van der Waals surface area contributed by atoms with Crippen LogP contribution in [0.25, 0.3) is 10.9 Å². The standard InChI is InChI=1S/C18H18N2O2S/c1-11(2)17(15-8-5-9-23-15)20-18(22)13-10-16(21)19-14-7-4-3-6-12(13)14/h3-11,17H,1-2H3,(H,19,21)(H,20,22)/t17-/m0/s1. The van der Waals surface area contributed by atoms with Crippen molar-refractivity contribution in [2.24, 2.45) is 5.92 Å². The summed E-state index contributed by atoms with van der Waals surface area (Å²) in [6.45, 7) is 4.14. The molecule has 0 aliphatic rings. The molecular formula is C18H18N2O2S. The summed E-state index contributed by atoms with van der Waals surface area (Å²) in [5, 5.41) is 5.82. The van der Waals surface area contributed by atoms with Crippen LogP contribution in [-0.4, -0.2) is 10.9 Å². The van der Waals surface area contributed by atoms with E-state index in [1.165, 1.54) is 6.07 Å². The maximum Gasteiger partial charge on any atom is 0.252 e. The predicted octanol–water partition coefficient (Wildman–Crippen LogP) is 3.72. The Morgan fingerprint density at radius 2 is 1.96 bits per heavy atom. The topological polar surface area (TPSA) is 62.0 Å². The molecule has 2 heterocycles. The van der Waals surface area contributed by atoms with Crippen molar-refractivity contribution < 1.29 is 4.79 Å². The third kappa shape index (κ3) is 3.19. The molecule has 0 bridgehead atoms. The first-order valence-corrected chi connectivity index (χ1v) is 8.40. The number of carbonyl (C=O) groups is 1. The van der Waals surface area contributed by atoms with E-state index in [0.29, 0.717) is 11.1 Å². The van der Waals surface area contributed by atoms with Crippen molar-refractivity contribution in [3.8, 4) is 0 Å². The molecule has 5 heteroatoms. The van der Waals surface area contributed by atoms with Gasteiger partial charge in [0.2, 0.25) is 5.56 Å². The number of thiophene rings is 1. The molecule has 3 rings (SSSR count). The molecule has 2 aromatic heterocycles. The van der Waals surface area contributed by atoms with Crippen LogP contribution in [0.1, 0.15) is 35.1 Å². The van der Waals surface area contributed by atoms with E-state index in [4.69, 9.17) is 0 Å². The molecule has 4 nitrogen and oxygen atoms in total. The smallest absolute Gasteiger partial charge is 0.252 e. The SMILES string of the molecule is CC(C)[C@H](NC(=O)c1cc(=O)[nH]c2ccccc12)c1cccs1. The number of nitrogens with one attached hydrogen (secondary N) is 2. The molecule has 0 unspecified atom stereocenters. The predicted molar refractivity (Wildman–Crippen MR) is 93.9 cm³/mol. The van der Waals surface area contributed by atoms with E-state index in [0.717, 1.165) is 10.3 Å². The van der Waals surface area contributed by atoms with Crippen LogP contribution in [0.5, 0.6) is 0 Å². The van der Waals surface area contributed by atoms with Crippen LogP contribution >= 0.6 is 11.3 Å². The molecule has 118 valence electrons. The zero-order valence-corrected chi connectivity index (χ0v) is 13.8. The number of para-hydroxylation sites is 1. The van der Waals surface area contributed by atoms with E-state index in [-0.39, 0.29) is 23.4 Å². The van der Waals surface area contributed by atoms with Crippen molar-refractivity contribution in [3.05, 3.63) is 68.6 Å². The van der Waals surface area contributed by atoms with Crippen molar-refractivity contribution in [1.29, 1.82) is 0 Å². The van der Waals surface area contributed by atoms with Crippen molar-refractivity contribution in [1.82, 2.24) is 10.3 Å². The number of benzene rings is 1. The van der Waals surface area contributed by atoms with Gasteiger partial charge in [0.1, 0.15) is 0 Å². The fraction of sp³-hybridized carbons (Fsp3) is 0.222. The summed E-state index contributed by atoms with van der Waals surface area (Å²) in [6.07, 6.45) is 0. The molecule has 1 atom stereocenters. The highest BCUT2D eigenvalue weighted by Gasteiger charge is 2.21. The first-order valence-electron chi connectivity index (χ1n) is 7.52. The second kappa shape index (κ2) is 6.38. The Morgan fingerprint density at radius 1 is 1.17 bits per heavy atom. The van der Waals surface area contributed by atoms with Crippen LogP contribution in [0.2, 0.25) is 0 Å². The van der Waals surface area contributed by atoms with Crippen molar-refractivity contribution >= 4 is 28.1 Å². The average molecular weight is 326 g/mol. The second-order valence-corrected chi connectivity index (χ2v) is 6.78. The molecule has 0 radical (unpaired) electrons. The molecule has 23 heavy (non-hydrogen) atoms. The summed E-state index contributed by atoms with van der Waals surface area (Å²) in [6, 6.07) is 12.6. The maximum absolute atomic E-state index is 12.8. The summed E-state index contributed by atoms with van der Waals surface area (Å²) >= 11 is 1.62. The van der Waals surface area contributed by atoms with Gasteiger partial charge >= 0.3 is 0 Å².